The zero-order chi connectivity index (χ0) is 13.1. The Morgan fingerprint density at radius 3 is 1.61 bits per heavy atom. The van der Waals surface area contributed by atoms with Crippen LogP contribution in [0.3, 0.4) is 0 Å². The van der Waals surface area contributed by atoms with Gasteiger partial charge in [-0.05, 0) is 25.7 Å². The van der Waals surface area contributed by atoms with Gasteiger partial charge in [0.25, 0.3) is 0 Å². The van der Waals surface area contributed by atoms with Crippen molar-refractivity contribution in [3.8, 4) is 0 Å². The third-order valence-electron chi connectivity index (χ3n) is 3.99. The lowest BCUT2D eigenvalue weighted by molar-refractivity contribution is -0.119. The van der Waals surface area contributed by atoms with E-state index in [0.717, 1.165) is 51.4 Å². The average molecular weight is 254 g/mol. The van der Waals surface area contributed by atoms with Crippen LogP contribution in [0.25, 0.3) is 0 Å². The van der Waals surface area contributed by atoms with Gasteiger partial charge in [0.2, 0.25) is 0 Å². The molecule has 2 heteroatoms. The van der Waals surface area contributed by atoms with E-state index in [-0.39, 0.29) is 6.10 Å². The van der Waals surface area contributed by atoms with Gasteiger partial charge < -0.3 is 5.11 Å². The normalized spacial score (nSPS) is 26.9. The Bertz CT molecular complexity index is 213. The Hall–Kier alpha value is -0.370. The van der Waals surface area contributed by atoms with E-state index >= 15 is 0 Å². The van der Waals surface area contributed by atoms with Gasteiger partial charge in [0, 0.05) is 12.8 Å². The predicted molar refractivity (Wildman–Crippen MR) is 75.7 cm³/mol. The Morgan fingerprint density at radius 1 is 0.667 bits per heavy atom. The number of rotatable bonds is 0. The molecule has 1 aliphatic rings. The molecule has 0 aromatic heterocycles. The summed E-state index contributed by atoms with van der Waals surface area (Å²) in [7, 11) is 0. The number of carbonyl (C=O) groups excluding carboxylic acids is 1. The number of aliphatic hydroxyl groups is 1. The van der Waals surface area contributed by atoms with Crippen molar-refractivity contribution in [3.63, 3.8) is 0 Å². The lowest BCUT2D eigenvalue weighted by atomic mass is 9.99. The van der Waals surface area contributed by atoms with E-state index in [9.17, 15) is 9.90 Å². The molecule has 0 amide bonds. The number of ketones is 1. The van der Waals surface area contributed by atoms with Crippen molar-refractivity contribution in [1.82, 2.24) is 0 Å². The molecule has 0 saturated heterocycles. The molecule has 2 nitrogen and oxygen atoms in total. The van der Waals surface area contributed by atoms with E-state index in [4.69, 9.17) is 0 Å². The first-order valence-electron chi connectivity index (χ1n) is 7.99. The van der Waals surface area contributed by atoms with Crippen LogP contribution in [0.4, 0.5) is 0 Å². The fraction of sp³-hybridized carbons (Fsp3) is 0.938. The van der Waals surface area contributed by atoms with E-state index < -0.39 is 0 Å². The van der Waals surface area contributed by atoms with Gasteiger partial charge in [-0.15, -0.1) is 0 Å². The number of aliphatic hydroxyl groups excluding tert-OH is 1. The molecule has 18 heavy (non-hydrogen) atoms. The van der Waals surface area contributed by atoms with Crippen LogP contribution in [0.15, 0.2) is 0 Å². The summed E-state index contributed by atoms with van der Waals surface area (Å²) in [5.74, 6) is 0.447. The molecule has 0 spiro atoms. The van der Waals surface area contributed by atoms with Gasteiger partial charge in [0.1, 0.15) is 5.78 Å². The third kappa shape index (κ3) is 8.68. The van der Waals surface area contributed by atoms with Crippen LogP contribution in [-0.2, 0) is 4.79 Å². The second-order valence-electron chi connectivity index (χ2n) is 5.81. The third-order valence-corrected chi connectivity index (χ3v) is 3.99. The molecule has 0 aliphatic heterocycles. The largest absolute Gasteiger partial charge is 0.393 e. The van der Waals surface area contributed by atoms with Gasteiger partial charge in [0.05, 0.1) is 6.10 Å². The van der Waals surface area contributed by atoms with Crippen molar-refractivity contribution < 1.29 is 9.90 Å². The molecule has 1 N–H and O–H groups in total. The van der Waals surface area contributed by atoms with Gasteiger partial charge >= 0.3 is 0 Å². The maximum atomic E-state index is 11.6. The Balaban J connectivity index is 2.19. The van der Waals surface area contributed by atoms with Crippen molar-refractivity contribution in [2.24, 2.45) is 0 Å². The van der Waals surface area contributed by atoms with E-state index in [0.29, 0.717) is 5.78 Å². The maximum absolute atomic E-state index is 11.6. The average Bonchev–Trinajstić information content (AvgIpc) is 2.35. The summed E-state index contributed by atoms with van der Waals surface area (Å²) in [6.45, 7) is 0. The Labute approximate surface area is 112 Å². The quantitative estimate of drug-likeness (QED) is 0.696. The minimum atomic E-state index is -0.103. The van der Waals surface area contributed by atoms with E-state index in [2.05, 4.69) is 0 Å². The predicted octanol–water partition coefficient (Wildman–Crippen LogP) is 4.39. The standard InChI is InChI=1S/C16H30O2/c17-15-11-7-4-2-1-3-5-8-12-16(18)14-10-6-9-13-15/h15,17H,1-14H2. The van der Waals surface area contributed by atoms with Gasteiger partial charge in [-0.3, -0.25) is 4.79 Å². The summed E-state index contributed by atoms with van der Waals surface area (Å²) in [5.41, 5.74) is 0. The molecule has 1 saturated carbocycles. The lowest BCUT2D eigenvalue weighted by Gasteiger charge is -2.10. The van der Waals surface area contributed by atoms with Crippen LogP contribution in [0.5, 0.6) is 0 Å². The van der Waals surface area contributed by atoms with Crippen LogP contribution >= 0.6 is 0 Å². The smallest absolute Gasteiger partial charge is 0.132 e. The van der Waals surface area contributed by atoms with Crippen molar-refractivity contribution in [1.29, 1.82) is 0 Å². The van der Waals surface area contributed by atoms with E-state index in [1.165, 1.54) is 38.5 Å². The summed E-state index contributed by atoms with van der Waals surface area (Å²) in [5, 5.41) is 9.80. The molecular formula is C16H30O2. The lowest BCUT2D eigenvalue weighted by Crippen LogP contribution is -2.06. The van der Waals surface area contributed by atoms with Gasteiger partial charge in [-0.25, -0.2) is 0 Å². The monoisotopic (exact) mass is 254 g/mol. The van der Waals surface area contributed by atoms with Crippen LogP contribution in [0.1, 0.15) is 89.9 Å². The minimum Gasteiger partial charge on any atom is -0.393 e. The molecule has 1 aliphatic carbocycles. The highest BCUT2D eigenvalue weighted by Crippen LogP contribution is 2.15. The molecule has 0 heterocycles. The highest BCUT2D eigenvalue weighted by atomic mass is 16.3. The fourth-order valence-electron chi connectivity index (χ4n) is 2.73. The number of hydrogen-bond donors (Lipinski definition) is 1. The Kier molecular flexibility index (Phi) is 9.19. The summed E-state index contributed by atoms with van der Waals surface area (Å²) in [4.78, 5) is 11.6. The second-order valence-corrected chi connectivity index (χ2v) is 5.81. The molecule has 0 aromatic carbocycles. The first kappa shape index (κ1) is 15.7. The van der Waals surface area contributed by atoms with Gasteiger partial charge in [-0.1, -0.05) is 51.4 Å². The Morgan fingerprint density at radius 2 is 1.06 bits per heavy atom. The first-order chi connectivity index (χ1) is 8.79. The van der Waals surface area contributed by atoms with Crippen molar-refractivity contribution >= 4 is 5.78 Å². The first-order valence-corrected chi connectivity index (χ1v) is 7.99. The van der Waals surface area contributed by atoms with Crippen molar-refractivity contribution in [2.75, 3.05) is 0 Å². The summed E-state index contributed by atoms with van der Waals surface area (Å²) < 4.78 is 0. The molecule has 106 valence electrons. The number of carbonyl (C=O) groups is 1. The molecule has 0 bridgehead atoms. The molecular weight excluding hydrogens is 224 g/mol. The van der Waals surface area contributed by atoms with Crippen LogP contribution < -0.4 is 0 Å². The van der Waals surface area contributed by atoms with Crippen LogP contribution in [0.2, 0.25) is 0 Å². The second kappa shape index (κ2) is 10.5. The van der Waals surface area contributed by atoms with Crippen LogP contribution in [0, 0.1) is 0 Å². The minimum absolute atomic E-state index is 0.103. The SMILES string of the molecule is O=C1CCCCCCCCCC(O)CCCCC1. The summed E-state index contributed by atoms with van der Waals surface area (Å²) in [6.07, 6.45) is 15.2. The molecule has 1 unspecified atom stereocenters. The van der Waals surface area contributed by atoms with Gasteiger partial charge in [-0.2, -0.15) is 0 Å². The maximum Gasteiger partial charge on any atom is 0.132 e. The van der Waals surface area contributed by atoms with Crippen molar-refractivity contribution in [3.05, 3.63) is 0 Å². The molecule has 0 aromatic rings. The molecule has 1 fully saturated rings. The molecule has 0 radical (unpaired) electrons. The van der Waals surface area contributed by atoms with E-state index in [1.807, 2.05) is 0 Å². The summed E-state index contributed by atoms with van der Waals surface area (Å²) >= 11 is 0. The molecule has 1 rings (SSSR count). The van der Waals surface area contributed by atoms with Crippen LogP contribution in [-0.4, -0.2) is 17.0 Å². The fourth-order valence-corrected chi connectivity index (χ4v) is 2.73. The zero-order valence-corrected chi connectivity index (χ0v) is 11.8. The highest BCUT2D eigenvalue weighted by molar-refractivity contribution is 5.78. The van der Waals surface area contributed by atoms with Crippen molar-refractivity contribution in [2.45, 2.75) is 96.0 Å². The zero-order valence-electron chi connectivity index (χ0n) is 11.8. The van der Waals surface area contributed by atoms with E-state index in [1.54, 1.807) is 0 Å². The number of hydrogen-bond acceptors (Lipinski definition) is 2. The van der Waals surface area contributed by atoms with Gasteiger partial charge in [0.15, 0.2) is 0 Å². The summed E-state index contributed by atoms with van der Waals surface area (Å²) in [6, 6.07) is 0. The highest BCUT2D eigenvalue weighted by Gasteiger charge is 2.06. The number of Topliss-reactive ketones (excluding diaryl/α,β-unsaturated/α-hetero) is 1. The topological polar surface area (TPSA) is 37.3 Å². The molecule has 1 atom stereocenters.